The van der Waals surface area contributed by atoms with Crippen LogP contribution in [0.15, 0.2) is 22.0 Å². The van der Waals surface area contributed by atoms with Crippen LogP contribution in [0.1, 0.15) is 22.1 Å². The Morgan fingerprint density at radius 3 is 2.00 bits per heavy atom. The molecule has 0 aliphatic rings. The van der Waals surface area contributed by atoms with Gasteiger partial charge >= 0.3 is 0 Å². The van der Waals surface area contributed by atoms with E-state index in [9.17, 15) is 5.11 Å². The average Bonchev–Trinajstić information content (AvgIpc) is 2.84. The van der Waals surface area contributed by atoms with Gasteiger partial charge in [-0.1, -0.05) is 0 Å². The number of hydrogen-bond donors (Lipinski definition) is 1. The van der Waals surface area contributed by atoms with Gasteiger partial charge < -0.3 is 19.3 Å². The van der Waals surface area contributed by atoms with Crippen molar-refractivity contribution < 1.29 is 19.3 Å². The molecular formula is C15H17BrO4S. The van der Waals surface area contributed by atoms with E-state index in [4.69, 9.17) is 14.2 Å². The van der Waals surface area contributed by atoms with Gasteiger partial charge in [0.05, 0.1) is 30.7 Å². The molecule has 0 aliphatic heterocycles. The predicted molar refractivity (Wildman–Crippen MR) is 86.9 cm³/mol. The number of aliphatic hydroxyl groups is 1. The lowest BCUT2D eigenvalue weighted by Gasteiger charge is -2.18. The van der Waals surface area contributed by atoms with E-state index in [2.05, 4.69) is 15.9 Å². The molecule has 1 aromatic heterocycles. The number of rotatable bonds is 5. The minimum Gasteiger partial charge on any atom is -0.496 e. The molecule has 6 heteroatoms. The van der Waals surface area contributed by atoms with E-state index < -0.39 is 6.10 Å². The van der Waals surface area contributed by atoms with Gasteiger partial charge in [-0.3, -0.25) is 0 Å². The number of aryl methyl sites for hydroxylation is 1. The van der Waals surface area contributed by atoms with Gasteiger partial charge in [-0.05, 0) is 34.5 Å². The average molecular weight is 373 g/mol. The highest BCUT2D eigenvalue weighted by Gasteiger charge is 2.24. The van der Waals surface area contributed by atoms with Gasteiger partial charge in [-0.15, -0.1) is 11.3 Å². The number of benzene rings is 1. The normalized spacial score (nSPS) is 12.1. The van der Waals surface area contributed by atoms with E-state index in [-0.39, 0.29) is 0 Å². The molecule has 21 heavy (non-hydrogen) atoms. The number of halogens is 1. The Balaban J connectivity index is 2.55. The van der Waals surface area contributed by atoms with Crippen LogP contribution in [-0.2, 0) is 0 Å². The van der Waals surface area contributed by atoms with E-state index in [1.807, 2.05) is 13.0 Å². The molecule has 0 aliphatic carbocycles. The van der Waals surface area contributed by atoms with E-state index >= 15 is 0 Å². The van der Waals surface area contributed by atoms with Crippen LogP contribution in [0, 0.1) is 6.92 Å². The highest BCUT2D eigenvalue weighted by atomic mass is 79.9. The molecule has 1 atom stereocenters. The summed E-state index contributed by atoms with van der Waals surface area (Å²) in [4.78, 5) is 0.821. The second-order valence-corrected chi connectivity index (χ2v) is 6.86. The minimum absolute atomic E-state index is 0.529. The van der Waals surface area contributed by atoms with Crippen molar-refractivity contribution in [2.24, 2.45) is 0 Å². The summed E-state index contributed by atoms with van der Waals surface area (Å²) in [5, 5.41) is 10.7. The molecular weight excluding hydrogens is 356 g/mol. The first-order valence-corrected chi connectivity index (χ1v) is 7.86. The standard InChI is InChI=1S/C15H17BrO4S/c1-8-5-12(21-15(8)16)14(17)13-10(19-3)6-9(18-2)7-11(13)20-4/h5-7,14,17H,1-4H3. The molecule has 0 saturated carbocycles. The third kappa shape index (κ3) is 3.17. The molecule has 0 radical (unpaired) electrons. The van der Waals surface area contributed by atoms with Crippen molar-refractivity contribution in [2.45, 2.75) is 13.0 Å². The fraction of sp³-hybridized carbons (Fsp3) is 0.333. The fourth-order valence-electron chi connectivity index (χ4n) is 2.06. The summed E-state index contributed by atoms with van der Waals surface area (Å²) in [6, 6.07) is 5.41. The summed E-state index contributed by atoms with van der Waals surface area (Å²) in [5.74, 6) is 1.67. The minimum atomic E-state index is -0.823. The van der Waals surface area contributed by atoms with Crippen LogP contribution < -0.4 is 14.2 Å². The number of ether oxygens (including phenoxy) is 3. The Morgan fingerprint density at radius 1 is 1.05 bits per heavy atom. The highest BCUT2D eigenvalue weighted by molar-refractivity contribution is 9.11. The topological polar surface area (TPSA) is 47.9 Å². The number of hydrogen-bond acceptors (Lipinski definition) is 5. The molecule has 1 heterocycles. The van der Waals surface area contributed by atoms with Gasteiger partial charge in [0.2, 0.25) is 0 Å². The zero-order valence-corrected chi connectivity index (χ0v) is 14.7. The van der Waals surface area contributed by atoms with Crippen molar-refractivity contribution in [3.63, 3.8) is 0 Å². The third-order valence-corrected chi connectivity index (χ3v) is 5.36. The van der Waals surface area contributed by atoms with Crippen LogP contribution in [0.2, 0.25) is 0 Å². The van der Waals surface area contributed by atoms with Gasteiger partial charge in [0.1, 0.15) is 23.4 Å². The summed E-state index contributed by atoms with van der Waals surface area (Å²) >= 11 is 4.97. The first-order chi connectivity index (χ1) is 10.0. The van der Waals surface area contributed by atoms with Crippen LogP contribution >= 0.6 is 27.3 Å². The summed E-state index contributed by atoms with van der Waals surface area (Å²) in [6.45, 7) is 1.99. The van der Waals surface area contributed by atoms with Crippen molar-refractivity contribution >= 4 is 27.3 Å². The van der Waals surface area contributed by atoms with Gasteiger partial charge in [0, 0.05) is 17.0 Å². The Morgan fingerprint density at radius 2 is 1.62 bits per heavy atom. The molecule has 0 bridgehead atoms. The first-order valence-electron chi connectivity index (χ1n) is 6.25. The van der Waals surface area contributed by atoms with Crippen LogP contribution in [0.5, 0.6) is 17.2 Å². The van der Waals surface area contributed by atoms with Crippen molar-refractivity contribution in [3.8, 4) is 17.2 Å². The maximum Gasteiger partial charge on any atom is 0.132 e. The molecule has 0 amide bonds. The monoisotopic (exact) mass is 372 g/mol. The molecule has 1 unspecified atom stereocenters. The van der Waals surface area contributed by atoms with E-state index in [1.165, 1.54) is 11.3 Å². The quantitative estimate of drug-likeness (QED) is 0.863. The molecule has 2 rings (SSSR count). The van der Waals surface area contributed by atoms with Crippen molar-refractivity contribution in [2.75, 3.05) is 21.3 Å². The molecule has 0 fully saturated rings. The molecule has 114 valence electrons. The van der Waals surface area contributed by atoms with Crippen LogP contribution in [0.4, 0.5) is 0 Å². The second-order valence-electron chi connectivity index (χ2n) is 4.45. The van der Waals surface area contributed by atoms with E-state index in [1.54, 1.807) is 33.5 Å². The van der Waals surface area contributed by atoms with Crippen LogP contribution in [-0.4, -0.2) is 26.4 Å². The SMILES string of the molecule is COc1cc(OC)c(C(O)c2cc(C)c(Br)s2)c(OC)c1. The van der Waals surface area contributed by atoms with Crippen molar-refractivity contribution in [3.05, 3.63) is 38.0 Å². The summed E-state index contributed by atoms with van der Waals surface area (Å²) in [7, 11) is 4.68. The molecule has 1 N–H and O–H groups in total. The smallest absolute Gasteiger partial charge is 0.132 e. The summed E-state index contributed by atoms with van der Waals surface area (Å²) in [5.41, 5.74) is 1.68. The number of thiophene rings is 1. The van der Waals surface area contributed by atoms with E-state index in [0.29, 0.717) is 22.8 Å². The van der Waals surface area contributed by atoms with Gasteiger partial charge in [0.25, 0.3) is 0 Å². The Labute approximate surface area is 136 Å². The van der Waals surface area contributed by atoms with E-state index in [0.717, 1.165) is 14.2 Å². The van der Waals surface area contributed by atoms with Crippen molar-refractivity contribution in [1.29, 1.82) is 0 Å². The van der Waals surface area contributed by atoms with Gasteiger partial charge in [-0.2, -0.15) is 0 Å². The Hall–Kier alpha value is -1.24. The Kier molecular flexibility index (Phi) is 5.13. The second kappa shape index (κ2) is 6.68. The number of aliphatic hydroxyl groups excluding tert-OH is 1. The van der Waals surface area contributed by atoms with Gasteiger partial charge in [-0.25, -0.2) is 0 Å². The van der Waals surface area contributed by atoms with Crippen LogP contribution in [0.25, 0.3) is 0 Å². The zero-order chi connectivity index (χ0) is 15.6. The molecule has 4 nitrogen and oxygen atoms in total. The van der Waals surface area contributed by atoms with Crippen LogP contribution in [0.3, 0.4) is 0 Å². The number of methoxy groups -OCH3 is 3. The fourth-order valence-corrected chi connectivity index (χ4v) is 3.63. The highest BCUT2D eigenvalue weighted by Crippen LogP contribution is 2.43. The molecule has 0 saturated heterocycles. The van der Waals surface area contributed by atoms with Gasteiger partial charge in [0.15, 0.2) is 0 Å². The largest absolute Gasteiger partial charge is 0.496 e. The lowest BCUT2D eigenvalue weighted by Crippen LogP contribution is -2.04. The maximum absolute atomic E-state index is 10.7. The molecule has 2 aromatic rings. The zero-order valence-electron chi connectivity index (χ0n) is 12.3. The third-order valence-electron chi connectivity index (χ3n) is 3.17. The predicted octanol–water partition coefficient (Wildman–Crippen LogP) is 3.93. The summed E-state index contributed by atoms with van der Waals surface area (Å²) in [6.07, 6.45) is -0.823. The first kappa shape index (κ1) is 16.1. The van der Waals surface area contributed by atoms with Crippen molar-refractivity contribution in [1.82, 2.24) is 0 Å². The maximum atomic E-state index is 10.7. The lowest BCUT2D eigenvalue weighted by atomic mass is 10.0. The summed E-state index contributed by atoms with van der Waals surface area (Å²) < 4.78 is 17.0. The Bertz CT molecular complexity index is 594. The molecule has 1 aromatic carbocycles. The lowest BCUT2D eigenvalue weighted by molar-refractivity contribution is 0.212. The molecule has 0 spiro atoms.